The molecule has 0 aliphatic heterocycles. The molecule has 0 radical (unpaired) electrons. The molecular weight excluding hydrogens is 478 g/mol. The average Bonchev–Trinajstić information content (AvgIpc) is 2.87. The summed E-state index contributed by atoms with van der Waals surface area (Å²) in [6, 6.07) is 20.9. The fraction of sp³-hybridized carbons (Fsp3) is 0.286. The highest BCUT2D eigenvalue weighted by Crippen LogP contribution is 2.18. The third kappa shape index (κ3) is 9.13. The lowest BCUT2D eigenvalue weighted by atomic mass is 10.1. The summed E-state index contributed by atoms with van der Waals surface area (Å²) >= 11 is 0. The van der Waals surface area contributed by atoms with Crippen molar-refractivity contribution in [3.8, 4) is 5.75 Å². The third-order valence-electron chi connectivity index (χ3n) is 5.43. The number of rotatable bonds is 14. The lowest BCUT2D eigenvalue weighted by molar-refractivity contribution is 0.0372. The van der Waals surface area contributed by atoms with Crippen molar-refractivity contribution < 1.29 is 27.2 Å². The Kier molecular flexibility index (Phi) is 10.5. The number of anilines is 1. The number of aryl methyl sites for hydroxylation is 1. The summed E-state index contributed by atoms with van der Waals surface area (Å²) < 4.78 is 49.1. The highest BCUT2D eigenvalue weighted by atomic mass is 32.2. The van der Waals surface area contributed by atoms with Crippen LogP contribution in [0.15, 0.2) is 71.6 Å². The van der Waals surface area contributed by atoms with Crippen LogP contribution >= 0.6 is 0 Å². The van der Waals surface area contributed by atoms with Gasteiger partial charge in [0.2, 0.25) is 0 Å². The van der Waals surface area contributed by atoms with Crippen LogP contribution < -0.4 is 10.1 Å². The van der Waals surface area contributed by atoms with Crippen molar-refractivity contribution >= 4 is 28.0 Å². The van der Waals surface area contributed by atoms with Gasteiger partial charge in [0, 0.05) is 12.7 Å². The molecule has 36 heavy (non-hydrogen) atoms. The van der Waals surface area contributed by atoms with E-state index in [0.717, 1.165) is 28.1 Å². The van der Waals surface area contributed by atoms with E-state index >= 15 is 0 Å². The maximum absolute atomic E-state index is 11.5. The van der Waals surface area contributed by atoms with Gasteiger partial charge >= 0.3 is 0 Å². The highest BCUT2D eigenvalue weighted by Gasteiger charge is 2.15. The molecule has 0 saturated heterocycles. The summed E-state index contributed by atoms with van der Waals surface area (Å²) in [6.45, 7) is 3.83. The van der Waals surface area contributed by atoms with Crippen LogP contribution in [0.5, 0.6) is 5.75 Å². The van der Waals surface area contributed by atoms with Crippen molar-refractivity contribution in [1.29, 1.82) is 0 Å². The second kappa shape index (κ2) is 13.8. The van der Waals surface area contributed by atoms with E-state index in [0.29, 0.717) is 45.0 Å². The lowest BCUT2D eigenvalue weighted by Crippen LogP contribution is -2.12. The Bertz CT molecular complexity index is 1220. The zero-order chi connectivity index (χ0) is 25.8. The predicted molar refractivity (Wildman–Crippen MR) is 143 cm³/mol. The summed E-state index contributed by atoms with van der Waals surface area (Å²) in [4.78, 5) is -0.0753. The first-order chi connectivity index (χ1) is 17.3. The first-order valence-electron chi connectivity index (χ1n) is 11.8. The quantitative estimate of drug-likeness (QED) is 0.176. The zero-order valence-electron chi connectivity index (χ0n) is 20.6. The summed E-state index contributed by atoms with van der Waals surface area (Å²) in [5.41, 5.74) is 4.76. The second-order valence-electron chi connectivity index (χ2n) is 8.18. The fourth-order valence-corrected chi connectivity index (χ4v) is 4.24. The Hall–Kier alpha value is -3.17. The number of hydrogen-bond donors (Lipinski definition) is 2. The van der Waals surface area contributed by atoms with Crippen LogP contribution in [0.25, 0.3) is 12.2 Å². The molecule has 0 aromatic heterocycles. The zero-order valence-corrected chi connectivity index (χ0v) is 21.5. The maximum atomic E-state index is 11.5. The molecule has 192 valence electrons. The van der Waals surface area contributed by atoms with Gasteiger partial charge in [0.25, 0.3) is 10.1 Å². The van der Waals surface area contributed by atoms with E-state index in [1.807, 2.05) is 50.4 Å². The summed E-state index contributed by atoms with van der Waals surface area (Å²) in [5.74, 6) is 0.776. The molecule has 3 aromatic carbocycles. The van der Waals surface area contributed by atoms with Crippen LogP contribution in [0.4, 0.5) is 5.69 Å². The minimum Gasteiger partial charge on any atom is -0.491 e. The van der Waals surface area contributed by atoms with Gasteiger partial charge in [-0.1, -0.05) is 54.1 Å². The normalized spacial score (nSPS) is 11.6. The monoisotopic (exact) mass is 511 g/mol. The van der Waals surface area contributed by atoms with E-state index in [4.69, 9.17) is 14.2 Å². The third-order valence-corrected chi connectivity index (χ3v) is 6.38. The van der Waals surface area contributed by atoms with E-state index in [2.05, 4.69) is 29.6 Å². The largest absolute Gasteiger partial charge is 0.491 e. The van der Waals surface area contributed by atoms with E-state index in [9.17, 15) is 13.0 Å². The lowest BCUT2D eigenvalue weighted by Gasteiger charge is -2.10. The molecular formula is C28H33NO6S. The van der Waals surface area contributed by atoms with Crippen LogP contribution in [0.1, 0.15) is 22.3 Å². The molecule has 0 spiro atoms. The van der Waals surface area contributed by atoms with Gasteiger partial charge in [-0.3, -0.25) is 4.55 Å². The van der Waals surface area contributed by atoms with Crippen molar-refractivity contribution in [1.82, 2.24) is 0 Å². The summed E-state index contributed by atoms with van der Waals surface area (Å²) in [6.07, 6.45) is 4.51. The number of ether oxygens (including phenoxy) is 3. The van der Waals surface area contributed by atoms with Crippen LogP contribution in [0.3, 0.4) is 0 Å². The van der Waals surface area contributed by atoms with Crippen molar-refractivity contribution in [2.75, 3.05) is 45.4 Å². The Morgan fingerprint density at radius 1 is 0.806 bits per heavy atom. The molecule has 8 heteroatoms. The molecule has 0 fully saturated rings. The Balaban J connectivity index is 1.29. The van der Waals surface area contributed by atoms with Crippen LogP contribution in [0, 0.1) is 6.92 Å². The Labute approximate surface area is 213 Å². The van der Waals surface area contributed by atoms with Crippen LogP contribution in [-0.4, -0.2) is 53.1 Å². The van der Waals surface area contributed by atoms with Crippen LogP contribution in [0.2, 0.25) is 0 Å². The molecule has 0 unspecified atom stereocenters. The molecule has 3 rings (SSSR count). The fourth-order valence-electron chi connectivity index (χ4n) is 3.51. The van der Waals surface area contributed by atoms with Gasteiger partial charge in [0.15, 0.2) is 0 Å². The first-order valence-corrected chi connectivity index (χ1v) is 13.2. The van der Waals surface area contributed by atoms with E-state index in [-0.39, 0.29) is 4.90 Å². The van der Waals surface area contributed by atoms with E-state index < -0.39 is 10.1 Å². The van der Waals surface area contributed by atoms with Crippen molar-refractivity contribution in [3.05, 3.63) is 89.0 Å². The number of benzene rings is 3. The van der Waals surface area contributed by atoms with Gasteiger partial charge < -0.3 is 19.5 Å². The molecule has 0 atom stereocenters. The summed E-state index contributed by atoms with van der Waals surface area (Å²) in [7, 11) is -2.35. The average molecular weight is 512 g/mol. The minimum atomic E-state index is -4.25. The second-order valence-corrected chi connectivity index (χ2v) is 9.57. The molecule has 7 nitrogen and oxygen atoms in total. The van der Waals surface area contributed by atoms with Gasteiger partial charge in [0.1, 0.15) is 12.4 Å². The molecule has 0 aliphatic rings. The minimum absolute atomic E-state index is 0.0753. The topological polar surface area (TPSA) is 94.1 Å². The van der Waals surface area contributed by atoms with Crippen LogP contribution in [-0.2, 0) is 26.0 Å². The molecule has 0 heterocycles. The van der Waals surface area contributed by atoms with Gasteiger partial charge in [0.05, 0.1) is 31.3 Å². The van der Waals surface area contributed by atoms with E-state index in [1.165, 1.54) is 6.07 Å². The van der Waals surface area contributed by atoms with Crippen molar-refractivity contribution in [3.63, 3.8) is 0 Å². The van der Waals surface area contributed by atoms with Gasteiger partial charge in [-0.05, 0) is 60.4 Å². The molecule has 3 aromatic rings. The highest BCUT2D eigenvalue weighted by molar-refractivity contribution is 7.85. The van der Waals surface area contributed by atoms with Crippen molar-refractivity contribution in [2.45, 2.75) is 18.2 Å². The molecule has 2 N–H and O–H groups in total. The predicted octanol–water partition coefficient (Wildman–Crippen LogP) is 5.11. The van der Waals surface area contributed by atoms with Gasteiger partial charge in [-0.2, -0.15) is 8.42 Å². The summed E-state index contributed by atoms with van der Waals surface area (Å²) in [5, 5.41) is 3.11. The Morgan fingerprint density at radius 2 is 1.39 bits per heavy atom. The Morgan fingerprint density at radius 3 is 2.00 bits per heavy atom. The van der Waals surface area contributed by atoms with Gasteiger partial charge in [-0.15, -0.1) is 0 Å². The molecule has 0 amide bonds. The van der Waals surface area contributed by atoms with E-state index in [1.54, 1.807) is 12.1 Å². The number of nitrogens with one attached hydrogen (secondary N) is 1. The van der Waals surface area contributed by atoms with Crippen molar-refractivity contribution in [2.24, 2.45) is 0 Å². The molecule has 0 bridgehead atoms. The standard InChI is InChI=1S/C28H33NO6S/c1-22-3-14-28(36(30,31)32)25(21-22)15-16-33-17-18-34-19-20-35-27-12-8-24(9-13-27)5-4-23-6-10-26(29-2)11-7-23/h3-14,21,29H,15-20H2,1-2H3,(H,30,31,32). The smallest absolute Gasteiger partial charge is 0.294 e. The molecule has 0 saturated carbocycles. The molecule has 0 aliphatic carbocycles. The van der Waals surface area contributed by atoms with Gasteiger partial charge in [-0.25, -0.2) is 0 Å². The number of hydrogen-bond acceptors (Lipinski definition) is 6. The SMILES string of the molecule is CNc1ccc(C=Cc2ccc(OCCOCCOCCc3cc(C)ccc3S(=O)(=O)O)cc2)cc1. The maximum Gasteiger partial charge on any atom is 0.294 e. The first kappa shape index (κ1) is 27.4.